The summed E-state index contributed by atoms with van der Waals surface area (Å²) in [4.78, 5) is 48.3. The van der Waals surface area contributed by atoms with Crippen molar-refractivity contribution in [2.45, 2.75) is 31.8 Å². The van der Waals surface area contributed by atoms with Crippen LogP contribution in [0.1, 0.15) is 18.4 Å². The molecule has 2 amide bonds. The smallest absolute Gasteiger partial charge is 0.352 e. The zero-order valence-corrected chi connectivity index (χ0v) is 20.7. The Balaban J connectivity index is 1.35. The number of nitrogens with one attached hydrogen (secondary N) is 1. The van der Waals surface area contributed by atoms with Crippen molar-refractivity contribution in [3.8, 4) is 0 Å². The molecule has 0 spiro atoms. The van der Waals surface area contributed by atoms with Crippen LogP contribution < -0.4 is 15.6 Å². The number of nitrogens with zero attached hydrogens (tertiary/aromatic N) is 4. The topological polar surface area (TPSA) is 177 Å². The molecule has 1 fully saturated rings. The molecular formula is C23H23N6O7S+. The number of hydrogen-bond donors (Lipinski definition) is 3. The molecule has 192 valence electrons. The maximum atomic E-state index is 13.1. The number of aliphatic carboxylic acids is 1. The van der Waals surface area contributed by atoms with Gasteiger partial charge in [-0.25, -0.2) is 9.36 Å². The molecule has 14 heteroatoms. The number of carbonyl (C=O) groups is 3. The second-order valence-corrected chi connectivity index (χ2v) is 9.45. The number of hydrogen-bond acceptors (Lipinski definition) is 10. The number of pyridine rings is 1. The van der Waals surface area contributed by atoms with E-state index in [2.05, 4.69) is 15.5 Å². The number of furan rings is 1. The summed E-state index contributed by atoms with van der Waals surface area (Å²) in [7, 11) is 0. The van der Waals surface area contributed by atoms with Crippen LogP contribution in [-0.2, 0) is 25.8 Å². The summed E-state index contributed by atoms with van der Waals surface area (Å²) in [6.07, 6.45) is 4.81. The highest BCUT2D eigenvalue weighted by atomic mass is 32.2. The molecule has 0 bridgehead atoms. The van der Waals surface area contributed by atoms with E-state index in [1.807, 2.05) is 29.8 Å². The van der Waals surface area contributed by atoms with Crippen molar-refractivity contribution in [1.82, 2.24) is 15.2 Å². The maximum absolute atomic E-state index is 13.1. The third kappa shape index (κ3) is 4.50. The Hall–Kier alpha value is -4.33. The molecular weight excluding hydrogens is 504 g/mol. The number of nitrogens with two attached hydrogens (primary N) is 1. The number of carboxylic acid groups (broad SMARTS) is 1. The molecule has 0 radical (unpaired) electrons. The van der Waals surface area contributed by atoms with Gasteiger partial charge in [0.1, 0.15) is 47.0 Å². The van der Waals surface area contributed by atoms with Gasteiger partial charge in [0, 0.05) is 17.4 Å². The number of fused-ring (bicyclic) bond motifs is 2. The van der Waals surface area contributed by atoms with Gasteiger partial charge in [-0.2, -0.15) is 4.98 Å². The summed E-state index contributed by atoms with van der Waals surface area (Å²) in [5, 5.41) is 16.7. The Morgan fingerprint density at radius 3 is 2.97 bits per heavy atom. The van der Waals surface area contributed by atoms with E-state index < -0.39 is 29.2 Å². The van der Waals surface area contributed by atoms with Crippen LogP contribution in [0.4, 0.5) is 6.01 Å². The SMILES string of the molecule is CCON=C(C(=O)NC1C(=O)N2C(C(=O)O)=C(C[n+]3ccc4oc(C)cc4c3)CS[C@@H]12)c1coc(N)n1. The normalized spacial score (nSPS) is 19.6. The van der Waals surface area contributed by atoms with E-state index in [1.54, 1.807) is 13.1 Å². The molecule has 13 nitrogen and oxygen atoms in total. The van der Waals surface area contributed by atoms with Crippen molar-refractivity contribution in [3.63, 3.8) is 0 Å². The van der Waals surface area contributed by atoms with Crippen molar-refractivity contribution < 1.29 is 37.7 Å². The van der Waals surface area contributed by atoms with Gasteiger partial charge in [-0.1, -0.05) is 5.16 Å². The van der Waals surface area contributed by atoms with Crippen molar-refractivity contribution in [2.24, 2.45) is 5.16 Å². The van der Waals surface area contributed by atoms with E-state index in [4.69, 9.17) is 19.4 Å². The molecule has 2 atom stereocenters. The second kappa shape index (κ2) is 9.61. The van der Waals surface area contributed by atoms with Crippen LogP contribution >= 0.6 is 11.8 Å². The lowest BCUT2D eigenvalue weighted by Gasteiger charge is -2.49. The molecule has 1 unspecified atom stereocenters. The quantitative estimate of drug-likeness (QED) is 0.164. The number of amides is 2. The average Bonchev–Trinajstić information content (AvgIpc) is 3.46. The number of rotatable bonds is 8. The fourth-order valence-corrected chi connectivity index (χ4v) is 5.57. The predicted molar refractivity (Wildman–Crippen MR) is 130 cm³/mol. The number of carboxylic acids is 1. The van der Waals surface area contributed by atoms with Crippen molar-refractivity contribution in [2.75, 3.05) is 18.1 Å². The molecule has 5 rings (SSSR count). The van der Waals surface area contributed by atoms with Crippen LogP contribution in [0, 0.1) is 6.92 Å². The fourth-order valence-electron chi connectivity index (χ4n) is 4.23. The molecule has 37 heavy (non-hydrogen) atoms. The van der Waals surface area contributed by atoms with Gasteiger partial charge < -0.3 is 29.8 Å². The number of aromatic nitrogens is 2. The molecule has 0 aromatic carbocycles. The lowest BCUT2D eigenvalue weighted by atomic mass is 10.0. The summed E-state index contributed by atoms with van der Waals surface area (Å²) in [5.41, 5.74) is 6.55. The predicted octanol–water partition coefficient (Wildman–Crippen LogP) is 0.778. The third-order valence-corrected chi connectivity index (χ3v) is 7.15. The van der Waals surface area contributed by atoms with Gasteiger partial charge >= 0.3 is 5.97 Å². The molecule has 3 aromatic rings. The maximum Gasteiger partial charge on any atom is 0.352 e. The summed E-state index contributed by atoms with van der Waals surface area (Å²) in [6.45, 7) is 4.01. The van der Waals surface area contributed by atoms with Gasteiger partial charge in [0.2, 0.25) is 0 Å². The van der Waals surface area contributed by atoms with Crippen LogP contribution in [0.25, 0.3) is 11.0 Å². The monoisotopic (exact) mass is 527 g/mol. The van der Waals surface area contributed by atoms with Crippen molar-refractivity contribution >= 4 is 52.2 Å². The molecule has 2 aliphatic rings. The Labute approximate surface area is 213 Å². The van der Waals surface area contributed by atoms with Gasteiger partial charge in [-0.3, -0.25) is 14.5 Å². The van der Waals surface area contributed by atoms with Crippen LogP contribution in [-0.4, -0.2) is 62.3 Å². The Morgan fingerprint density at radius 1 is 1.46 bits per heavy atom. The minimum Gasteiger partial charge on any atom is -0.477 e. The van der Waals surface area contributed by atoms with E-state index in [0.717, 1.165) is 23.0 Å². The summed E-state index contributed by atoms with van der Waals surface area (Å²) < 4.78 is 12.4. The molecule has 0 aliphatic carbocycles. The van der Waals surface area contributed by atoms with Gasteiger partial charge in [0.25, 0.3) is 17.8 Å². The first-order valence-corrected chi connectivity index (χ1v) is 12.3. The summed E-state index contributed by atoms with van der Waals surface area (Å²) in [5.74, 6) is -1.35. The van der Waals surface area contributed by atoms with E-state index in [0.29, 0.717) is 11.3 Å². The molecule has 2 aliphatic heterocycles. The summed E-state index contributed by atoms with van der Waals surface area (Å²) >= 11 is 1.36. The van der Waals surface area contributed by atoms with Crippen molar-refractivity contribution in [1.29, 1.82) is 0 Å². The zero-order valence-electron chi connectivity index (χ0n) is 19.8. The number of thioether (sulfide) groups is 1. The number of β-lactam (4-membered cyclic amide) rings is 1. The minimum absolute atomic E-state index is 0.0404. The van der Waals surface area contributed by atoms with Crippen LogP contribution in [0.5, 0.6) is 0 Å². The number of oxazole rings is 1. The second-order valence-electron chi connectivity index (χ2n) is 8.34. The number of anilines is 1. The number of aryl methyl sites for hydroxylation is 1. The molecule has 4 N–H and O–H groups in total. The van der Waals surface area contributed by atoms with Gasteiger partial charge in [0.05, 0.1) is 5.39 Å². The molecule has 0 saturated carbocycles. The standard InChI is InChI=1S/C23H22N6O7S/c1-3-35-27-16(14-9-34-23(24)25-14)19(30)26-17-20(31)29-18(22(32)33)13(10-37-21(17)29)8-28-5-4-15-12(7-28)6-11(2)36-15/h4-7,9,17,21H,3,8,10H2,1-2H3,(H3-,24,25,26,30,32,33)/p+1/t17?,21-/m0/s1. The molecule has 3 aromatic heterocycles. The number of carbonyl (C=O) groups excluding carboxylic acids is 2. The summed E-state index contributed by atoms with van der Waals surface area (Å²) in [6, 6.07) is 2.59. The van der Waals surface area contributed by atoms with E-state index in [-0.39, 0.29) is 36.3 Å². The van der Waals surface area contributed by atoms with Gasteiger partial charge in [-0.05, 0) is 19.9 Å². The van der Waals surface area contributed by atoms with Crippen molar-refractivity contribution in [3.05, 3.63) is 53.5 Å². The van der Waals surface area contributed by atoms with Gasteiger partial charge in [-0.15, -0.1) is 11.8 Å². The first kappa shape index (κ1) is 24.4. The Bertz CT molecular complexity index is 1480. The van der Waals surface area contributed by atoms with Crippen LogP contribution in [0.2, 0.25) is 0 Å². The molecule has 5 heterocycles. The Morgan fingerprint density at radius 2 is 2.27 bits per heavy atom. The highest BCUT2D eigenvalue weighted by Crippen LogP contribution is 2.40. The molecule has 1 saturated heterocycles. The van der Waals surface area contributed by atoms with E-state index in [9.17, 15) is 19.5 Å². The zero-order chi connectivity index (χ0) is 26.3. The number of nitrogen functional groups attached to an aromatic ring is 1. The first-order chi connectivity index (χ1) is 17.8. The minimum atomic E-state index is -1.21. The lowest BCUT2D eigenvalue weighted by molar-refractivity contribution is -0.687. The van der Waals surface area contributed by atoms with E-state index >= 15 is 0 Å². The van der Waals surface area contributed by atoms with Crippen LogP contribution in [0.3, 0.4) is 0 Å². The largest absolute Gasteiger partial charge is 0.477 e. The number of oxime groups is 1. The van der Waals surface area contributed by atoms with E-state index in [1.165, 1.54) is 16.7 Å². The third-order valence-electron chi connectivity index (χ3n) is 5.81. The highest BCUT2D eigenvalue weighted by molar-refractivity contribution is 8.00. The van der Waals surface area contributed by atoms with Gasteiger partial charge in [0.15, 0.2) is 24.7 Å². The highest BCUT2D eigenvalue weighted by Gasteiger charge is 2.54. The lowest BCUT2D eigenvalue weighted by Crippen LogP contribution is -2.71. The average molecular weight is 528 g/mol. The Kier molecular flexibility index (Phi) is 6.33. The first-order valence-electron chi connectivity index (χ1n) is 11.3. The van der Waals surface area contributed by atoms with Crippen LogP contribution in [0.15, 0.2) is 56.0 Å². The fraction of sp³-hybridized carbons (Fsp3) is 0.304.